The van der Waals surface area contributed by atoms with Crippen LogP contribution in [0.25, 0.3) is 0 Å². The number of carbonyl (C=O) groups is 2. The fourth-order valence-corrected chi connectivity index (χ4v) is 2.29. The molecular weight excluding hydrogens is 334 g/mol. The number of ketones is 1. The van der Waals surface area contributed by atoms with Crippen LogP contribution in [-0.2, 0) is 16.1 Å². The number of ether oxygens (including phenoxy) is 2. The predicted octanol–water partition coefficient (Wildman–Crippen LogP) is 2.91. The summed E-state index contributed by atoms with van der Waals surface area (Å²) in [4.78, 5) is 28.7. The first-order valence-corrected chi connectivity index (χ1v) is 8.23. The highest BCUT2D eigenvalue weighted by Gasteiger charge is 2.09. The number of methoxy groups -OCH3 is 1. The first-order chi connectivity index (χ1) is 12.5. The maximum absolute atomic E-state index is 12.2. The van der Waals surface area contributed by atoms with Crippen LogP contribution in [-0.4, -0.2) is 44.6 Å². The van der Waals surface area contributed by atoms with E-state index in [1.807, 2.05) is 12.1 Å². The summed E-state index contributed by atoms with van der Waals surface area (Å²) >= 11 is 0. The Kier molecular flexibility index (Phi) is 7.17. The van der Waals surface area contributed by atoms with Gasteiger partial charge in [-0.1, -0.05) is 24.3 Å². The van der Waals surface area contributed by atoms with Crippen molar-refractivity contribution < 1.29 is 23.9 Å². The van der Waals surface area contributed by atoms with Gasteiger partial charge in [0.1, 0.15) is 11.5 Å². The van der Waals surface area contributed by atoms with E-state index in [0.29, 0.717) is 29.9 Å². The number of carbonyl (C=O) groups excluding carboxylic acids is 2. The van der Waals surface area contributed by atoms with Crippen molar-refractivity contribution in [2.75, 3.05) is 27.9 Å². The van der Waals surface area contributed by atoms with E-state index in [1.165, 1.54) is 12.2 Å². The SMILES string of the molecule is COc1cccc(C(=O)COc2ccc(CCC(=O)N(C)OC)cc2)c1. The summed E-state index contributed by atoms with van der Waals surface area (Å²) in [6.07, 6.45) is 0.967. The highest BCUT2D eigenvalue weighted by molar-refractivity contribution is 5.97. The predicted molar refractivity (Wildman–Crippen MR) is 97.4 cm³/mol. The van der Waals surface area contributed by atoms with Crippen LogP contribution in [0.3, 0.4) is 0 Å². The summed E-state index contributed by atoms with van der Waals surface area (Å²) in [5.74, 6) is 1.03. The molecule has 0 aliphatic heterocycles. The number of aryl methyl sites for hydroxylation is 1. The number of hydrogen-bond acceptors (Lipinski definition) is 5. The van der Waals surface area contributed by atoms with Crippen LogP contribution >= 0.6 is 0 Å². The zero-order valence-electron chi connectivity index (χ0n) is 15.2. The second-order valence-corrected chi connectivity index (χ2v) is 5.66. The molecule has 0 saturated heterocycles. The quantitative estimate of drug-likeness (QED) is 0.510. The molecule has 0 spiro atoms. The summed E-state index contributed by atoms with van der Waals surface area (Å²) in [5.41, 5.74) is 1.55. The summed E-state index contributed by atoms with van der Waals surface area (Å²) in [6.45, 7) is -0.0520. The topological polar surface area (TPSA) is 65.1 Å². The molecule has 2 aromatic rings. The van der Waals surface area contributed by atoms with Gasteiger partial charge in [-0.2, -0.15) is 0 Å². The lowest BCUT2D eigenvalue weighted by atomic mass is 10.1. The molecule has 0 unspecified atom stereocenters. The zero-order chi connectivity index (χ0) is 18.9. The first-order valence-electron chi connectivity index (χ1n) is 8.23. The Balaban J connectivity index is 1.85. The van der Waals surface area contributed by atoms with Gasteiger partial charge >= 0.3 is 0 Å². The van der Waals surface area contributed by atoms with Gasteiger partial charge in [-0.25, -0.2) is 5.06 Å². The van der Waals surface area contributed by atoms with Crippen molar-refractivity contribution in [1.29, 1.82) is 0 Å². The van der Waals surface area contributed by atoms with Crippen LogP contribution in [0.5, 0.6) is 11.5 Å². The van der Waals surface area contributed by atoms with Gasteiger partial charge in [0.15, 0.2) is 12.4 Å². The highest BCUT2D eigenvalue weighted by Crippen LogP contribution is 2.16. The third-order valence-corrected chi connectivity index (χ3v) is 3.94. The molecule has 2 rings (SSSR count). The molecule has 6 heteroatoms. The minimum atomic E-state index is -0.124. The Bertz CT molecular complexity index is 742. The Morgan fingerprint density at radius 2 is 1.73 bits per heavy atom. The minimum absolute atomic E-state index is 0.0520. The average molecular weight is 357 g/mol. The molecule has 0 atom stereocenters. The monoisotopic (exact) mass is 357 g/mol. The highest BCUT2D eigenvalue weighted by atomic mass is 16.7. The van der Waals surface area contributed by atoms with E-state index in [9.17, 15) is 9.59 Å². The standard InChI is InChI=1S/C20H23NO5/c1-21(25-3)20(23)12-9-15-7-10-17(11-8-15)26-14-19(22)16-5-4-6-18(13-16)24-2/h4-8,10-11,13H,9,12,14H2,1-3H3. The molecule has 138 valence electrons. The number of rotatable bonds is 9. The van der Waals surface area contributed by atoms with Gasteiger partial charge in [0.2, 0.25) is 5.91 Å². The van der Waals surface area contributed by atoms with Crippen molar-refractivity contribution in [2.45, 2.75) is 12.8 Å². The third kappa shape index (κ3) is 5.60. The van der Waals surface area contributed by atoms with Crippen LogP contribution in [0, 0.1) is 0 Å². The first kappa shape index (κ1) is 19.5. The second-order valence-electron chi connectivity index (χ2n) is 5.66. The lowest BCUT2D eigenvalue weighted by molar-refractivity contribution is -0.168. The molecule has 0 fully saturated rings. The average Bonchev–Trinajstić information content (AvgIpc) is 2.70. The van der Waals surface area contributed by atoms with Gasteiger partial charge in [-0.3, -0.25) is 14.4 Å². The fraction of sp³-hybridized carbons (Fsp3) is 0.300. The van der Waals surface area contributed by atoms with E-state index >= 15 is 0 Å². The molecule has 0 bridgehead atoms. The van der Waals surface area contributed by atoms with Gasteiger partial charge in [0.25, 0.3) is 0 Å². The van der Waals surface area contributed by atoms with Crippen LogP contribution < -0.4 is 9.47 Å². The summed E-state index contributed by atoms with van der Waals surface area (Å²) in [6, 6.07) is 14.3. The van der Waals surface area contributed by atoms with Crippen molar-refractivity contribution in [3.63, 3.8) is 0 Å². The van der Waals surface area contributed by atoms with Gasteiger partial charge in [-0.05, 0) is 36.2 Å². The zero-order valence-corrected chi connectivity index (χ0v) is 15.2. The number of hydroxylamine groups is 2. The van der Waals surface area contributed by atoms with Gasteiger partial charge in [0, 0.05) is 19.0 Å². The Morgan fingerprint density at radius 3 is 2.38 bits per heavy atom. The van der Waals surface area contributed by atoms with E-state index in [2.05, 4.69) is 0 Å². The van der Waals surface area contributed by atoms with Gasteiger partial charge in [0.05, 0.1) is 14.2 Å². The molecule has 0 radical (unpaired) electrons. The van der Waals surface area contributed by atoms with Crippen molar-refractivity contribution in [2.24, 2.45) is 0 Å². The van der Waals surface area contributed by atoms with Crippen molar-refractivity contribution >= 4 is 11.7 Å². The van der Waals surface area contributed by atoms with Gasteiger partial charge < -0.3 is 9.47 Å². The molecule has 0 aliphatic carbocycles. The molecule has 0 heterocycles. The lowest BCUT2D eigenvalue weighted by Crippen LogP contribution is -2.25. The maximum atomic E-state index is 12.2. The van der Waals surface area contributed by atoms with E-state index in [0.717, 1.165) is 5.56 Å². The Morgan fingerprint density at radius 1 is 1.00 bits per heavy atom. The van der Waals surface area contributed by atoms with Crippen LogP contribution in [0.1, 0.15) is 22.3 Å². The van der Waals surface area contributed by atoms with Gasteiger partial charge in [-0.15, -0.1) is 0 Å². The molecule has 0 aliphatic rings. The minimum Gasteiger partial charge on any atom is -0.497 e. The molecule has 26 heavy (non-hydrogen) atoms. The number of Topliss-reactive ketones (excluding diaryl/α,β-unsaturated/α-hetero) is 1. The van der Waals surface area contributed by atoms with E-state index in [1.54, 1.807) is 50.6 Å². The molecular formula is C20H23NO5. The Hall–Kier alpha value is -2.86. The molecule has 6 nitrogen and oxygen atoms in total. The molecule has 1 amide bonds. The number of benzene rings is 2. The van der Waals surface area contributed by atoms with Crippen LogP contribution in [0.4, 0.5) is 0 Å². The second kappa shape index (κ2) is 9.58. The van der Waals surface area contributed by atoms with Crippen LogP contribution in [0.2, 0.25) is 0 Å². The van der Waals surface area contributed by atoms with E-state index in [4.69, 9.17) is 14.3 Å². The van der Waals surface area contributed by atoms with Crippen LogP contribution in [0.15, 0.2) is 48.5 Å². The summed E-state index contributed by atoms with van der Waals surface area (Å²) in [7, 11) is 4.60. The number of nitrogens with zero attached hydrogens (tertiary/aromatic N) is 1. The maximum Gasteiger partial charge on any atom is 0.246 e. The largest absolute Gasteiger partial charge is 0.497 e. The Labute approximate surface area is 153 Å². The summed E-state index contributed by atoms with van der Waals surface area (Å²) in [5, 5.41) is 1.21. The van der Waals surface area contributed by atoms with E-state index < -0.39 is 0 Å². The van der Waals surface area contributed by atoms with Crippen molar-refractivity contribution in [3.05, 3.63) is 59.7 Å². The third-order valence-electron chi connectivity index (χ3n) is 3.94. The van der Waals surface area contributed by atoms with Crippen molar-refractivity contribution in [3.8, 4) is 11.5 Å². The molecule has 0 N–H and O–H groups in total. The van der Waals surface area contributed by atoms with Crippen molar-refractivity contribution in [1.82, 2.24) is 5.06 Å². The summed E-state index contributed by atoms with van der Waals surface area (Å²) < 4.78 is 10.7. The number of amides is 1. The molecule has 0 saturated carbocycles. The lowest BCUT2D eigenvalue weighted by Gasteiger charge is -2.13. The number of hydrogen-bond donors (Lipinski definition) is 0. The molecule has 2 aromatic carbocycles. The smallest absolute Gasteiger partial charge is 0.246 e. The van der Waals surface area contributed by atoms with E-state index in [-0.39, 0.29) is 18.3 Å². The normalized spacial score (nSPS) is 10.3. The fourth-order valence-electron chi connectivity index (χ4n) is 2.29. The molecule has 0 aromatic heterocycles.